The largest absolute Gasteiger partial charge is 0.427 e. The van der Waals surface area contributed by atoms with Crippen molar-refractivity contribution in [1.29, 1.82) is 0 Å². The molecule has 39 heavy (non-hydrogen) atoms. The summed E-state index contributed by atoms with van der Waals surface area (Å²) in [5.74, 6) is -2.51. The Balaban J connectivity index is 1.52. The number of aromatic nitrogens is 1. The number of amides is 2. The second-order valence-corrected chi connectivity index (χ2v) is 10.8. The van der Waals surface area contributed by atoms with Crippen LogP contribution in [0.2, 0.25) is 0 Å². The Labute approximate surface area is 227 Å². The van der Waals surface area contributed by atoms with Crippen molar-refractivity contribution in [2.75, 3.05) is 6.79 Å². The van der Waals surface area contributed by atoms with Crippen LogP contribution in [0.25, 0.3) is 5.57 Å². The lowest BCUT2D eigenvalue weighted by molar-refractivity contribution is -0.175. The molecule has 206 valence electrons. The van der Waals surface area contributed by atoms with Crippen molar-refractivity contribution in [3.05, 3.63) is 71.2 Å². The zero-order chi connectivity index (χ0) is 28.3. The van der Waals surface area contributed by atoms with Crippen LogP contribution >= 0.6 is 0 Å². The molecule has 0 radical (unpaired) electrons. The number of rotatable bonds is 9. The highest BCUT2D eigenvalue weighted by Gasteiger charge is 2.57. The minimum Gasteiger partial charge on any atom is -0.427 e. The van der Waals surface area contributed by atoms with Crippen molar-refractivity contribution in [3.63, 3.8) is 0 Å². The molecule has 1 aromatic heterocycles. The number of benzene rings is 1. The second-order valence-electron chi connectivity index (χ2n) is 10.8. The number of nitrogens with one attached hydrogen (secondary N) is 1. The van der Waals surface area contributed by atoms with Crippen LogP contribution in [0.4, 0.5) is 0 Å². The predicted molar refractivity (Wildman–Crippen MR) is 140 cm³/mol. The lowest BCUT2D eigenvalue weighted by Crippen LogP contribution is -2.61. The zero-order valence-electron chi connectivity index (χ0n) is 22.5. The fourth-order valence-corrected chi connectivity index (χ4v) is 4.76. The lowest BCUT2D eigenvalue weighted by atomic mass is 9.82. The van der Waals surface area contributed by atoms with Crippen LogP contribution in [-0.4, -0.2) is 57.7 Å². The lowest BCUT2D eigenvalue weighted by Gasteiger charge is -2.44. The molecular formula is C29H33N3O7. The van der Waals surface area contributed by atoms with Gasteiger partial charge in [0, 0.05) is 18.9 Å². The molecule has 0 spiro atoms. The van der Waals surface area contributed by atoms with E-state index in [2.05, 4.69) is 10.3 Å². The molecule has 2 amide bonds. The van der Waals surface area contributed by atoms with Crippen molar-refractivity contribution in [3.8, 4) is 0 Å². The average Bonchev–Trinajstić information content (AvgIpc) is 3.22. The molecule has 4 rings (SSSR count). The number of hydrogen-bond acceptors (Lipinski definition) is 8. The normalized spacial score (nSPS) is 19.2. The number of carbonyl (C=O) groups is 4. The van der Waals surface area contributed by atoms with E-state index < -0.39 is 42.2 Å². The van der Waals surface area contributed by atoms with Gasteiger partial charge in [-0.15, -0.1) is 0 Å². The summed E-state index contributed by atoms with van der Waals surface area (Å²) in [7, 11) is 0. The van der Waals surface area contributed by atoms with E-state index in [1.54, 1.807) is 64.4 Å². The third kappa shape index (κ3) is 6.17. The van der Waals surface area contributed by atoms with Gasteiger partial charge in [-0.05, 0) is 62.4 Å². The third-order valence-corrected chi connectivity index (χ3v) is 6.77. The molecule has 1 fully saturated rings. The number of nitrogens with zero attached hydrogens (tertiary/aromatic N) is 2. The molecule has 1 aromatic carbocycles. The Morgan fingerprint density at radius 3 is 2.56 bits per heavy atom. The van der Waals surface area contributed by atoms with Gasteiger partial charge >= 0.3 is 11.9 Å². The summed E-state index contributed by atoms with van der Waals surface area (Å²) in [6.45, 7) is 6.36. The van der Waals surface area contributed by atoms with Crippen molar-refractivity contribution >= 4 is 29.3 Å². The third-order valence-electron chi connectivity index (χ3n) is 6.77. The maximum Gasteiger partial charge on any atom is 0.358 e. The number of pyridine rings is 1. The fraction of sp³-hybridized carbons (Fsp3) is 0.414. The minimum absolute atomic E-state index is 0.0619. The Kier molecular flexibility index (Phi) is 8.15. The molecule has 3 heterocycles. The molecule has 2 aliphatic rings. The van der Waals surface area contributed by atoms with Gasteiger partial charge in [0.25, 0.3) is 0 Å². The molecule has 10 nitrogen and oxygen atoms in total. The highest BCUT2D eigenvalue weighted by molar-refractivity contribution is 6.06. The quantitative estimate of drug-likeness (QED) is 0.284. The van der Waals surface area contributed by atoms with E-state index in [9.17, 15) is 24.3 Å². The average molecular weight is 536 g/mol. The molecule has 2 aliphatic heterocycles. The first-order valence-corrected chi connectivity index (χ1v) is 12.8. The monoisotopic (exact) mass is 535 g/mol. The molecule has 0 bridgehead atoms. The molecule has 0 aliphatic carbocycles. The second kappa shape index (κ2) is 11.4. The van der Waals surface area contributed by atoms with Gasteiger partial charge in [-0.1, -0.05) is 30.3 Å². The number of hydrogen-bond donors (Lipinski definition) is 2. The summed E-state index contributed by atoms with van der Waals surface area (Å²) in [5.41, 5.74) is 2.14. The Morgan fingerprint density at radius 2 is 1.90 bits per heavy atom. The molecule has 2 aromatic rings. The number of fused-ring (bicyclic) bond motifs is 1. The minimum atomic E-state index is -0.877. The van der Waals surface area contributed by atoms with Gasteiger partial charge in [-0.3, -0.25) is 19.4 Å². The van der Waals surface area contributed by atoms with Crippen LogP contribution < -0.4 is 5.32 Å². The number of β-lactam (4-membered cyclic amide) rings is 1. The van der Waals surface area contributed by atoms with E-state index in [0.29, 0.717) is 24.1 Å². The van der Waals surface area contributed by atoms with Crippen molar-refractivity contribution in [2.45, 2.75) is 59.2 Å². The van der Waals surface area contributed by atoms with E-state index in [0.717, 1.165) is 11.1 Å². The SMILES string of the molecule is C[C@@H](O)[C@H]1C(=O)N2C(C(=O)OCOC(=O)C(C)(C)C)=C(c3cccc(CC(=O)NCc4cccnc4)c3)C[C@H]12. The standard InChI is InChI=1S/C29H33N3O7/c1-17(33)24-22-13-21(25(32(22)26(24)35)27(36)38-16-39-28(37)29(2,3)4)20-9-5-7-18(11-20)12-23(34)31-15-19-8-6-10-30-14-19/h5-11,14,17,22,24,33H,12-13,15-16H2,1-4H3,(H,31,34)/t17-,22-,24-/m1/s1. The van der Waals surface area contributed by atoms with Gasteiger partial charge in [-0.2, -0.15) is 0 Å². The molecule has 2 N–H and O–H groups in total. The van der Waals surface area contributed by atoms with Gasteiger partial charge in [-0.25, -0.2) is 4.79 Å². The summed E-state index contributed by atoms with van der Waals surface area (Å²) in [4.78, 5) is 56.0. The van der Waals surface area contributed by atoms with E-state index in [1.165, 1.54) is 4.90 Å². The summed E-state index contributed by atoms with van der Waals surface area (Å²) < 4.78 is 10.3. The maximum atomic E-state index is 13.2. The van der Waals surface area contributed by atoms with E-state index in [4.69, 9.17) is 9.47 Å². The van der Waals surface area contributed by atoms with Crippen LogP contribution in [-0.2, 0) is 41.6 Å². The van der Waals surface area contributed by atoms with Crippen molar-refractivity contribution in [1.82, 2.24) is 15.2 Å². The van der Waals surface area contributed by atoms with E-state index >= 15 is 0 Å². The maximum absolute atomic E-state index is 13.2. The predicted octanol–water partition coefficient (Wildman–Crippen LogP) is 2.35. The summed E-state index contributed by atoms with van der Waals surface area (Å²) >= 11 is 0. The van der Waals surface area contributed by atoms with Crippen LogP contribution in [0.1, 0.15) is 50.8 Å². The summed E-state index contributed by atoms with van der Waals surface area (Å²) in [6, 6.07) is 10.5. The summed E-state index contributed by atoms with van der Waals surface area (Å²) in [5, 5.41) is 13.0. The van der Waals surface area contributed by atoms with Gasteiger partial charge in [0.2, 0.25) is 18.6 Å². The number of aliphatic hydroxyl groups excluding tert-OH is 1. The van der Waals surface area contributed by atoms with Crippen LogP contribution in [0, 0.1) is 11.3 Å². The first-order chi connectivity index (χ1) is 18.5. The molecule has 3 atom stereocenters. The first-order valence-electron chi connectivity index (χ1n) is 12.8. The zero-order valence-corrected chi connectivity index (χ0v) is 22.5. The van der Waals surface area contributed by atoms with Crippen LogP contribution in [0.15, 0.2) is 54.5 Å². The molecule has 10 heteroatoms. The van der Waals surface area contributed by atoms with Gasteiger partial charge in [0.1, 0.15) is 5.70 Å². The van der Waals surface area contributed by atoms with Gasteiger partial charge in [0.15, 0.2) is 0 Å². The summed E-state index contributed by atoms with van der Waals surface area (Å²) in [6.07, 6.45) is 2.93. The smallest absolute Gasteiger partial charge is 0.358 e. The molecular weight excluding hydrogens is 502 g/mol. The van der Waals surface area contributed by atoms with Crippen LogP contribution in [0.3, 0.4) is 0 Å². The number of aliphatic hydroxyl groups is 1. The van der Waals surface area contributed by atoms with Crippen molar-refractivity contribution in [2.24, 2.45) is 11.3 Å². The van der Waals surface area contributed by atoms with E-state index in [-0.39, 0.29) is 23.9 Å². The Bertz CT molecular complexity index is 1300. The number of carbonyl (C=O) groups excluding carboxylic acids is 4. The Hall–Kier alpha value is -4.05. The number of esters is 2. The van der Waals surface area contributed by atoms with Gasteiger partial charge < -0.3 is 24.8 Å². The van der Waals surface area contributed by atoms with Crippen molar-refractivity contribution < 1.29 is 33.8 Å². The number of ether oxygens (including phenoxy) is 2. The first kappa shape index (κ1) is 28.0. The molecule has 1 saturated heterocycles. The Morgan fingerprint density at radius 1 is 1.15 bits per heavy atom. The molecule has 0 unspecified atom stereocenters. The topological polar surface area (TPSA) is 135 Å². The van der Waals surface area contributed by atoms with E-state index in [1.807, 2.05) is 12.1 Å². The van der Waals surface area contributed by atoms with Crippen LogP contribution in [0.5, 0.6) is 0 Å². The fourth-order valence-electron chi connectivity index (χ4n) is 4.76. The molecule has 0 saturated carbocycles. The highest BCUT2D eigenvalue weighted by Crippen LogP contribution is 2.47. The highest BCUT2D eigenvalue weighted by atomic mass is 16.7. The van der Waals surface area contributed by atoms with Gasteiger partial charge in [0.05, 0.1) is 29.9 Å².